The lowest BCUT2D eigenvalue weighted by molar-refractivity contribution is 0.101. The van der Waals surface area contributed by atoms with Gasteiger partial charge in [0.25, 0.3) is 11.8 Å². The van der Waals surface area contributed by atoms with Crippen molar-refractivity contribution in [3.05, 3.63) is 77.9 Å². The maximum Gasteiger partial charge on any atom is 0.275 e. The number of amides is 2. The first-order valence-electron chi connectivity index (χ1n) is 8.47. The van der Waals surface area contributed by atoms with Crippen LogP contribution in [-0.2, 0) is 0 Å². The molecule has 0 bridgehead atoms. The lowest BCUT2D eigenvalue weighted by atomic mass is 10.2. The van der Waals surface area contributed by atoms with Gasteiger partial charge in [0.2, 0.25) is 0 Å². The number of aryl methyl sites for hydroxylation is 1. The van der Waals surface area contributed by atoms with E-state index in [1.54, 1.807) is 31.3 Å². The molecule has 138 valence electrons. The summed E-state index contributed by atoms with van der Waals surface area (Å²) in [6.45, 7) is 1.72. The molecule has 0 aliphatic rings. The Balaban J connectivity index is 1.55. The van der Waals surface area contributed by atoms with Crippen molar-refractivity contribution in [2.24, 2.45) is 0 Å². The smallest absolute Gasteiger partial charge is 0.275 e. The van der Waals surface area contributed by atoms with Gasteiger partial charge in [0.05, 0.1) is 11.2 Å². The van der Waals surface area contributed by atoms with Crippen molar-refractivity contribution < 1.29 is 14.1 Å². The Labute approximate surface area is 159 Å². The van der Waals surface area contributed by atoms with Crippen LogP contribution in [0.25, 0.3) is 10.9 Å². The molecule has 4 rings (SSSR count). The number of nitrogens with zero attached hydrogens (tertiary/aromatic N) is 3. The van der Waals surface area contributed by atoms with Crippen LogP contribution in [0.2, 0.25) is 0 Å². The van der Waals surface area contributed by atoms with Gasteiger partial charge in [0.15, 0.2) is 5.82 Å². The van der Waals surface area contributed by atoms with Gasteiger partial charge in [0.1, 0.15) is 17.1 Å². The van der Waals surface area contributed by atoms with E-state index in [9.17, 15) is 9.59 Å². The number of hydrogen-bond acceptors (Lipinski definition) is 6. The van der Waals surface area contributed by atoms with Crippen LogP contribution in [0.4, 0.5) is 11.5 Å². The average molecular weight is 373 g/mol. The predicted molar refractivity (Wildman–Crippen MR) is 103 cm³/mol. The molecule has 0 unspecified atom stereocenters. The highest BCUT2D eigenvalue weighted by Crippen LogP contribution is 2.21. The Morgan fingerprint density at radius 2 is 1.64 bits per heavy atom. The summed E-state index contributed by atoms with van der Waals surface area (Å²) >= 11 is 0. The molecular weight excluding hydrogens is 358 g/mol. The van der Waals surface area contributed by atoms with Crippen LogP contribution in [0.5, 0.6) is 0 Å². The minimum absolute atomic E-state index is 0.0874. The van der Waals surface area contributed by atoms with Gasteiger partial charge in [-0.2, -0.15) is 0 Å². The van der Waals surface area contributed by atoms with Crippen molar-refractivity contribution >= 4 is 34.2 Å². The lowest BCUT2D eigenvalue weighted by Gasteiger charge is -2.08. The first-order valence-corrected chi connectivity index (χ1v) is 8.47. The zero-order chi connectivity index (χ0) is 19.5. The molecule has 0 aliphatic heterocycles. The van der Waals surface area contributed by atoms with E-state index in [0.717, 1.165) is 5.39 Å². The molecule has 4 aromatic rings. The van der Waals surface area contributed by atoms with Crippen LogP contribution in [0.15, 0.2) is 65.3 Å². The van der Waals surface area contributed by atoms with Gasteiger partial charge in [-0.05, 0) is 31.2 Å². The molecule has 3 aromatic heterocycles. The predicted octanol–water partition coefficient (Wildman–Crippen LogP) is 3.43. The zero-order valence-corrected chi connectivity index (χ0v) is 14.8. The van der Waals surface area contributed by atoms with E-state index >= 15 is 0 Å². The SMILES string of the molecule is Cc1cc(NC(=O)c2cccc(C(=O)Nc3cccc4cccnc34)n2)no1. The molecule has 0 spiro atoms. The third kappa shape index (κ3) is 3.56. The number of rotatable bonds is 4. The van der Waals surface area contributed by atoms with Crippen LogP contribution < -0.4 is 10.6 Å². The van der Waals surface area contributed by atoms with Crippen molar-refractivity contribution in [1.82, 2.24) is 15.1 Å². The summed E-state index contributed by atoms with van der Waals surface area (Å²) in [5.41, 5.74) is 1.44. The Morgan fingerprint density at radius 1 is 0.929 bits per heavy atom. The quantitative estimate of drug-likeness (QED) is 0.567. The highest BCUT2D eigenvalue weighted by Gasteiger charge is 2.15. The summed E-state index contributed by atoms with van der Waals surface area (Å²) in [6.07, 6.45) is 1.66. The molecule has 1 aromatic carbocycles. The number of anilines is 2. The number of para-hydroxylation sites is 1. The molecule has 2 amide bonds. The molecule has 0 aliphatic carbocycles. The van der Waals surface area contributed by atoms with Crippen LogP contribution in [0.3, 0.4) is 0 Å². The second kappa shape index (κ2) is 7.28. The number of aromatic nitrogens is 3. The number of carbonyl (C=O) groups excluding carboxylic acids is 2. The largest absolute Gasteiger partial charge is 0.360 e. The van der Waals surface area contributed by atoms with Gasteiger partial charge in [-0.25, -0.2) is 4.98 Å². The number of hydrogen-bond donors (Lipinski definition) is 2. The van der Waals surface area contributed by atoms with Crippen molar-refractivity contribution in [1.29, 1.82) is 0 Å². The fourth-order valence-corrected chi connectivity index (χ4v) is 2.68. The fourth-order valence-electron chi connectivity index (χ4n) is 2.68. The molecule has 8 heteroatoms. The van der Waals surface area contributed by atoms with Crippen LogP contribution in [0.1, 0.15) is 26.7 Å². The van der Waals surface area contributed by atoms with Crippen molar-refractivity contribution in [3.8, 4) is 0 Å². The number of fused-ring (bicyclic) bond motifs is 1. The summed E-state index contributed by atoms with van der Waals surface area (Å²) < 4.78 is 4.91. The normalized spacial score (nSPS) is 10.6. The second-order valence-corrected chi connectivity index (χ2v) is 6.02. The van der Waals surface area contributed by atoms with Gasteiger partial charge in [-0.15, -0.1) is 0 Å². The molecule has 2 N–H and O–H groups in total. The molecule has 8 nitrogen and oxygen atoms in total. The highest BCUT2D eigenvalue weighted by molar-refractivity contribution is 6.08. The minimum atomic E-state index is -0.491. The first-order chi connectivity index (χ1) is 13.6. The second-order valence-electron chi connectivity index (χ2n) is 6.02. The van der Waals surface area contributed by atoms with E-state index in [4.69, 9.17) is 4.52 Å². The van der Waals surface area contributed by atoms with Gasteiger partial charge < -0.3 is 15.2 Å². The van der Waals surface area contributed by atoms with Gasteiger partial charge in [-0.1, -0.05) is 29.4 Å². The van der Waals surface area contributed by atoms with Gasteiger partial charge in [0, 0.05) is 17.6 Å². The highest BCUT2D eigenvalue weighted by atomic mass is 16.5. The summed E-state index contributed by atoms with van der Waals surface area (Å²) in [6, 6.07) is 15.5. The Hall–Kier alpha value is -4.07. The van der Waals surface area contributed by atoms with Crippen LogP contribution in [-0.4, -0.2) is 26.9 Å². The van der Waals surface area contributed by atoms with Crippen molar-refractivity contribution in [3.63, 3.8) is 0 Å². The molecule has 0 saturated carbocycles. The Morgan fingerprint density at radius 3 is 2.39 bits per heavy atom. The van der Waals surface area contributed by atoms with Crippen molar-refractivity contribution in [2.75, 3.05) is 10.6 Å². The van der Waals surface area contributed by atoms with E-state index in [-0.39, 0.29) is 17.2 Å². The molecule has 0 radical (unpaired) electrons. The van der Waals surface area contributed by atoms with Gasteiger partial charge >= 0.3 is 0 Å². The summed E-state index contributed by atoms with van der Waals surface area (Å²) in [5, 5.41) is 9.98. The van der Waals surface area contributed by atoms with E-state index in [0.29, 0.717) is 17.0 Å². The molecule has 0 fully saturated rings. The third-order valence-corrected chi connectivity index (χ3v) is 3.96. The van der Waals surface area contributed by atoms with E-state index in [2.05, 4.69) is 25.8 Å². The number of benzene rings is 1. The van der Waals surface area contributed by atoms with Crippen molar-refractivity contribution in [2.45, 2.75) is 6.92 Å². The third-order valence-electron chi connectivity index (χ3n) is 3.96. The Bertz CT molecular complexity index is 1180. The van der Waals surface area contributed by atoms with Crippen LogP contribution >= 0.6 is 0 Å². The van der Waals surface area contributed by atoms with E-state index < -0.39 is 11.8 Å². The summed E-state index contributed by atoms with van der Waals surface area (Å²) in [5.74, 6) is -0.0825. The number of pyridine rings is 2. The summed E-state index contributed by atoms with van der Waals surface area (Å²) in [4.78, 5) is 33.4. The monoisotopic (exact) mass is 373 g/mol. The maximum absolute atomic E-state index is 12.6. The molecule has 3 heterocycles. The number of carbonyl (C=O) groups is 2. The first kappa shape index (κ1) is 17.3. The molecule has 28 heavy (non-hydrogen) atoms. The zero-order valence-electron chi connectivity index (χ0n) is 14.8. The lowest BCUT2D eigenvalue weighted by Crippen LogP contribution is -2.18. The minimum Gasteiger partial charge on any atom is -0.360 e. The standard InChI is InChI=1S/C20H15N5O3/c1-12-11-17(25-28-12)24-20(27)16-9-3-8-15(22-16)19(26)23-14-7-2-5-13-6-4-10-21-18(13)14/h2-11H,1H3,(H,23,26)(H,24,25,27). The van der Waals surface area contributed by atoms with Crippen LogP contribution in [0, 0.1) is 6.92 Å². The molecular formula is C20H15N5O3. The topological polar surface area (TPSA) is 110 Å². The number of nitrogens with one attached hydrogen (secondary N) is 2. The molecule has 0 atom stereocenters. The van der Waals surface area contributed by atoms with E-state index in [1.165, 1.54) is 12.1 Å². The maximum atomic E-state index is 12.6. The van der Waals surface area contributed by atoms with Gasteiger partial charge in [-0.3, -0.25) is 14.6 Å². The average Bonchev–Trinajstić information content (AvgIpc) is 3.13. The molecule has 0 saturated heterocycles. The fraction of sp³-hybridized carbons (Fsp3) is 0.0500. The van der Waals surface area contributed by atoms with E-state index in [1.807, 2.05) is 24.3 Å². The summed E-state index contributed by atoms with van der Waals surface area (Å²) in [7, 11) is 0. The Kier molecular flexibility index (Phi) is 4.51.